The Labute approximate surface area is 149 Å². The zero-order valence-electron chi connectivity index (χ0n) is 15.6. The lowest BCUT2D eigenvalue weighted by Crippen LogP contribution is -2.34. The third-order valence-electron chi connectivity index (χ3n) is 4.90. The van der Waals surface area contributed by atoms with Crippen LogP contribution in [0.15, 0.2) is 30.3 Å². The highest BCUT2D eigenvalue weighted by atomic mass is 16.6. The summed E-state index contributed by atoms with van der Waals surface area (Å²) < 4.78 is 10.9. The van der Waals surface area contributed by atoms with Gasteiger partial charge in [0.1, 0.15) is 12.2 Å². The lowest BCUT2D eigenvalue weighted by molar-refractivity contribution is -0.157. The summed E-state index contributed by atoms with van der Waals surface area (Å²) in [6.07, 6.45) is -0.337. The van der Waals surface area contributed by atoms with Crippen molar-refractivity contribution in [2.24, 2.45) is 17.8 Å². The SMILES string of the molecule is CC(C)[C@H]1[C@H](C(=O)OC(C)(C)C)[C@@H]1N1C(=O)OC[C@H]1c1ccccc1. The van der Waals surface area contributed by atoms with E-state index in [-0.39, 0.29) is 41.9 Å². The first-order valence-corrected chi connectivity index (χ1v) is 8.93. The number of carbonyl (C=O) groups excluding carboxylic acids is 2. The molecule has 25 heavy (non-hydrogen) atoms. The Morgan fingerprint density at radius 1 is 1.24 bits per heavy atom. The van der Waals surface area contributed by atoms with Crippen LogP contribution in [0.1, 0.15) is 46.2 Å². The van der Waals surface area contributed by atoms with Gasteiger partial charge in [-0.2, -0.15) is 0 Å². The molecule has 1 aromatic rings. The van der Waals surface area contributed by atoms with Gasteiger partial charge < -0.3 is 9.47 Å². The second kappa shape index (κ2) is 6.36. The number of esters is 1. The summed E-state index contributed by atoms with van der Waals surface area (Å²) in [5.41, 5.74) is 0.501. The molecule has 5 heteroatoms. The van der Waals surface area contributed by atoms with Crippen molar-refractivity contribution in [2.75, 3.05) is 6.61 Å². The molecule has 0 bridgehead atoms. The van der Waals surface area contributed by atoms with E-state index in [0.717, 1.165) is 5.56 Å². The third-order valence-corrected chi connectivity index (χ3v) is 4.90. The van der Waals surface area contributed by atoms with Crippen LogP contribution in [0, 0.1) is 17.8 Å². The quantitative estimate of drug-likeness (QED) is 0.779. The Morgan fingerprint density at radius 3 is 2.44 bits per heavy atom. The molecule has 1 heterocycles. The summed E-state index contributed by atoms with van der Waals surface area (Å²) in [5, 5.41) is 0. The second-order valence-electron chi connectivity index (χ2n) is 8.28. The summed E-state index contributed by atoms with van der Waals surface area (Å²) in [5.74, 6) is -0.113. The molecule has 1 aromatic carbocycles. The van der Waals surface area contributed by atoms with Crippen molar-refractivity contribution in [2.45, 2.75) is 52.3 Å². The molecule has 3 rings (SSSR count). The van der Waals surface area contributed by atoms with Crippen LogP contribution in [-0.4, -0.2) is 35.2 Å². The van der Waals surface area contributed by atoms with E-state index in [4.69, 9.17) is 9.47 Å². The van der Waals surface area contributed by atoms with Crippen LogP contribution in [-0.2, 0) is 14.3 Å². The topological polar surface area (TPSA) is 55.8 Å². The first kappa shape index (κ1) is 17.8. The third kappa shape index (κ3) is 3.51. The molecular formula is C20H27NO4. The van der Waals surface area contributed by atoms with Crippen molar-refractivity contribution < 1.29 is 19.1 Å². The first-order valence-electron chi connectivity index (χ1n) is 8.93. The van der Waals surface area contributed by atoms with Gasteiger partial charge >= 0.3 is 12.1 Å². The number of nitrogens with zero attached hydrogens (tertiary/aromatic N) is 1. The van der Waals surface area contributed by atoms with Gasteiger partial charge in [-0.15, -0.1) is 0 Å². The van der Waals surface area contributed by atoms with Gasteiger partial charge in [0, 0.05) is 0 Å². The van der Waals surface area contributed by atoms with Gasteiger partial charge in [0.25, 0.3) is 0 Å². The molecular weight excluding hydrogens is 318 g/mol. The maximum atomic E-state index is 12.7. The van der Waals surface area contributed by atoms with E-state index in [9.17, 15) is 9.59 Å². The lowest BCUT2D eigenvalue weighted by Gasteiger charge is -2.23. The van der Waals surface area contributed by atoms with Crippen LogP contribution in [0.25, 0.3) is 0 Å². The number of ether oxygens (including phenoxy) is 2. The zero-order valence-corrected chi connectivity index (χ0v) is 15.6. The summed E-state index contributed by atoms with van der Waals surface area (Å²) >= 11 is 0. The highest BCUT2D eigenvalue weighted by molar-refractivity contribution is 5.81. The minimum Gasteiger partial charge on any atom is -0.460 e. The fourth-order valence-electron chi connectivity index (χ4n) is 3.85. The average molecular weight is 345 g/mol. The second-order valence-corrected chi connectivity index (χ2v) is 8.28. The molecule has 0 N–H and O–H groups in total. The Morgan fingerprint density at radius 2 is 1.88 bits per heavy atom. The summed E-state index contributed by atoms with van der Waals surface area (Å²) in [6, 6.07) is 9.54. The van der Waals surface area contributed by atoms with Gasteiger partial charge in [0.2, 0.25) is 0 Å². The molecule has 2 aliphatic rings. The number of hydrogen-bond donors (Lipinski definition) is 0. The molecule has 0 unspecified atom stereocenters. The van der Waals surface area contributed by atoms with Crippen molar-refractivity contribution >= 4 is 12.1 Å². The Bertz CT molecular complexity index is 649. The number of carbonyl (C=O) groups is 2. The predicted molar refractivity (Wildman–Crippen MR) is 93.8 cm³/mol. The van der Waals surface area contributed by atoms with Crippen LogP contribution < -0.4 is 0 Å². The first-order chi connectivity index (χ1) is 11.7. The van der Waals surface area contributed by atoms with Gasteiger partial charge in [-0.1, -0.05) is 44.2 Å². The molecule has 4 atom stereocenters. The van der Waals surface area contributed by atoms with Crippen LogP contribution in [0.3, 0.4) is 0 Å². The molecule has 5 nitrogen and oxygen atoms in total. The molecule has 0 radical (unpaired) electrons. The summed E-state index contributed by atoms with van der Waals surface area (Å²) in [4.78, 5) is 26.8. The Hall–Kier alpha value is -2.04. The van der Waals surface area contributed by atoms with Gasteiger partial charge in [0.15, 0.2) is 0 Å². The maximum absolute atomic E-state index is 12.7. The number of benzene rings is 1. The van der Waals surface area contributed by atoms with Crippen molar-refractivity contribution in [3.63, 3.8) is 0 Å². The van der Waals surface area contributed by atoms with E-state index in [1.165, 1.54) is 0 Å². The monoisotopic (exact) mass is 345 g/mol. The fraction of sp³-hybridized carbons (Fsp3) is 0.600. The fourth-order valence-corrected chi connectivity index (χ4v) is 3.85. The van der Waals surface area contributed by atoms with Crippen molar-refractivity contribution in [3.05, 3.63) is 35.9 Å². The Balaban J connectivity index is 1.85. The van der Waals surface area contributed by atoms with Gasteiger partial charge in [0.05, 0.1) is 18.0 Å². The van der Waals surface area contributed by atoms with Gasteiger partial charge in [-0.3, -0.25) is 9.69 Å². The molecule has 0 spiro atoms. The highest BCUT2D eigenvalue weighted by Crippen LogP contribution is 2.52. The summed E-state index contributed by atoms with van der Waals surface area (Å²) in [6.45, 7) is 10.1. The van der Waals surface area contributed by atoms with E-state index in [0.29, 0.717) is 6.61 Å². The standard InChI is InChI=1S/C20H27NO4/c1-12(2)15-16(18(22)25-20(3,4)5)17(15)21-14(11-24-19(21)23)13-9-7-6-8-10-13/h6-10,12,14-17H,11H2,1-5H3/t14-,15-,16-,17+/m0/s1. The van der Waals surface area contributed by atoms with E-state index in [1.54, 1.807) is 4.90 Å². The predicted octanol–water partition coefficient (Wildman–Crippen LogP) is 3.79. The molecule has 2 fully saturated rings. The molecule has 136 valence electrons. The summed E-state index contributed by atoms with van der Waals surface area (Å²) in [7, 11) is 0. The van der Waals surface area contributed by atoms with Gasteiger partial charge in [-0.05, 0) is 38.2 Å². The zero-order chi connectivity index (χ0) is 18.4. The Kier molecular flexibility index (Phi) is 4.52. The lowest BCUT2D eigenvalue weighted by atomic mass is 10.1. The normalized spacial score (nSPS) is 28.9. The largest absolute Gasteiger partial charge is 0.460 e. The van der Waals surface area contributed by atoms with E-state index < -0.39 is 5.60 Å². The van der Waals surface area contributed by atoms with E-state index in [1.807, 2.05) is 51.1 Å². The van der Waals surface area contributed by atoms with Gasteiger partial charge in [-0.25, -0.2) is 4.79 Å². The molecule has 1 saturated carbocycles. The van der Waals surface area contributed by atoms with Crippen molar-refractivity contribution in [3.8, 4) is 0 Å². The molecule has 0 aromatic heterocycles. The highest BCUT2D eigenvalue weighted by Gasteiger charge is 2.64. The number of cyclic esters (lactones) is 1. The van der Waals surface area contributed by atoms with Crippen LogP contribution in [0.2, 0.25) is 0 Å². The van der Waals surface area contributed by atoms with Crippen LogP contribution in [0.5, 0.6) is 0 Å². The maximum Gasteiger partial charge on any atom is 0.410 e. The minimum atomic E-state index is -0.532. The minimum absolute atomic E-state index is 0.103. The number of amides is 1. The molecule has 1 aliphatic carbocycles. The average Bonchev–Trinajstić information content (AvgIpc) is 3.15. The van der Waals surface area contributed by atoms with Crippen LogP contribution in [0.4, 0.5) is 4.79 Å². The van der Waals surface area contributed by atoms with Crippen molar-refractivity contribution in [1.82, 2.24) is 4.90 Å². The van der Waals surface area contributed by atoms with Crippen LogP contribution >= 0.6 is 0 Å². The van der Waals surface area contributed by atoms with Crippen molar-refractivity contribution in [1.29, 1.82) is 0 Å². The molecule has 1 amide bonds. The number of rotatable bonds is 4. The molecule has 1 saturated heterocycles. The smallest absolute Gasteiger partial charge is 0.410 e. The number of hydrogen-bond acceptors (Lipinski definition) is 4. The van der Waals surface area contributed by atoms with E-state index in [2.05, 4.69) is 13.8 Å². The molecule has 1 aliphatic heterocycles. The van der Waals surface area contributed by atoms with E-state index >= 15 is 0 Å².